The van der Waals surface area contributed by atoms with Gasteiger partial charge in [0.2, 0.25) is 3.79 Å². The zero-order valence-electron chi connectivity index (χ0n) is 21.0. The van der Waals surface area contributed by atoms with Crippen molar-refractivity contribution in [3.63, 3.8) is 0 Å². The van der Waals surface area contributed by atoms with Crippen LogP contribution in [0.4, 0.5) is 0 Å². The van der Waals surface area contributed by atoms with E-state index in [1.165, 1.54) is 11.9 Å². The smallest absolute Gasteiger partial charge is 0.325 e. The predicted molar refractivity (Wildman–Crippen MR) is 135 cm³/mol. The topological polar surface area (TPSA) is 114 Å². The number of hydrogen-bond donors (Lipinski definition) is 2. The second-order valence-electron chi connectivity index (χ2n) is 9.04. The van der Waals surface area contributed by atoms with Crippen molar-refractivity contribution >= 4 is 58.6 Å². The normalized spacial score (nSPS) is 20.2. The summed E-state index contributed by atoms with van der Waals surface area (Å²) in [6.07, 6.45) is 3.65. The largest absolute Gasteiger partial charge is 0.460 e. The number of carbonyl (C=O) groups is 4. The number of halogens is 3. The Bertz CT molecular complexity index is 787. The van der Waals surface area contributed by atoms with E-state index in [1.54, 1.807) is 20.8 Å². The first-order chi connectivity index (χ1) is 16.2. The molecule has 0 radical (unpaired) electrons. The van der Waals surface area contributed by atoms with Crippen molar-refractivity contribution in [2.45, 2.75) is 76.4 Å². The monoisotopic (exact) mass is 555 g/mol. The second-order valence-corrected chi connectivity index (χ2v) is 11.6. The molecule has 0 bridgehead atoms. The van der Waals surface area contributed by atoms with Crippen LogP contribution in [-0.4, -0.2) is 63.9 Å². The van der Waals surface area contributed by atoms with Gasteiger partial charge in [0.05, 0.1) is 5.92 Å². The molecule has 1 fully saturated rings. The van der Waals surface area contributed by atoms with Crippen LogP contribution in [0.15, 0.2) is 12.2 Å². The molecule has 2 unspecified atom stereocenters. The number of hydrazine groups is 1. The fourth-order valence-electron chi connectivity index (χ4n) is 3.37. The highest BCUT2D eigenvalue weighted by molar-refractivity contribution is 6.67. The lowest BCUT2D eigenvalue weighted by Gasteiger charge is -2.34. The lowest BCUT2D eigenvalue weighted by molar-refractivity contribution is -0.163. The molecule has 0 saturated carbocycles. The van der Waals surface area contributed by atoms with E-state index in [0.29, 0.717) is 19.4 Å². The molecule has 1 aliphatic rings. The van der Waals surface area contributed by atoms with Crippen molar-refractivity contribution < 1.29 is 28.7 Å². The van der Waals surface area contributed by atoms with Crippen LogP contribution in [0, 0.1) is 17.8 Å². The molecule has 12 heteroatoms. The molecule has 1 heterocycles. The van der Waals surface area contributed by atoms with Gasteiger partial charge in [-0.3, -0.25) is 24.2 Å². The zero-order chi connectivity index (χ0) is 26.9. The van der Waals surface area contributed by atoms with Gasteiger partial charge in [-0.15, -0.1) is 0 Å². The summed E-state index contributed by atoms with van der Waals surface area (Å²) in [7, 11) is 0. The fourth-order valence-corrected chi connectivity index (χ4v) is 3.53. The van der Waals surface area contributed by atoms with Crippen molar-refractivity contribution in [3.05, 3.63) is 12.2 Å². The van der Waals surface area contributed by atoms with Crippen molar-refractivity contribution in [2.24, 2.45) is 17.8 Å². The number of rotatable bonds is 10. The molecule has 0 aromatic heterocycles. The molecule has 9 nitrogen and oxygen atoms in total. The van der Waals surface area contributed by atoms with Gasteiger partial charge in [-0.1, -0.05) is 74.6 Å². The van der Waals surface area contributed by atoms with Crippen LogP contribution < -0.4 is 10.7 Å². The van der Waals surface area contributed by atoms with Crippen molar-refractivity contribution in [3.8, 4) is 0 Å². The van der Waals surface area contributed by atoms with Gasteiger partial charge in [0.1, 0.15) is 18.7 Å². The Morgan fingerprint density at radius 2 is 1.77 bits per heavy atom. The quantitative estimate of drug-likeness (QED) is 0.241. The number of carbonyl (C=O) groups excluding carboxylic acids is 4. The van der Waals surface area contributed by atoms with Crippen LogP contribution in [-0.2, 0) is 28.7 Å². The van der Waals surface area contributed by atoms with Gasteiger partial charge in [0, 0.05) is 6.54 Å². The molecule has 1 saturated heterocycles. The highest BCUT2D eigenvalue weighted by Gasteiger charge is 2.35. The van der Waals surface area contributed by atoms with E-state index >= 15 is 0 Å². The molecule has 1 aliphatic heterocycles. The first-order valence-corrected chi connectivity index (χ1v) is 12.8. The number of hydrogen-bond acceptors (Lipinski definition) is 7. The summed E-state index contributed by atoms with van der Waals surface area (Å²) in [4.78, 5) is 50.6. The SMILES string of the molecule is CC=CC(C)C(C)C(=O)O[C@H](C(=O)N[C@@H](C)C(=O)N1CCC[C@@H](C(=O)OCC(Cl)(Cl)Cl)N1)C(C)C. The summed E-state index contributed by atoms with van der Waals surface area (Å²) >= 11 is 16.8. The van der Waals surface area contributed by atoms with Crippen molar-refractivity contribution in [2.75, 3.05) is 13.2 Å². The van der Waals surface area contributed by atoms with E-state index in [4.69, 9.17) is 44.3 Å². The molecule has 200 valence electrons. The highest BCUT2D eigenvalue weighted by atomic mass is 35.6. The summed E-state index contributed by atoms with van der Waals surface area (Å²) in [5.74, 6) is -2.97. The minimum atomic E-state index is -1.74. The van der Waals surface area contributed by atoms with E-state index in [1.807, 2.05) is 26.0 Å². The fraction of sp³-hybridized carbons (Fsp3) is 0.739. The number of nitrogens with zero attached hydrogens (tertiary/aromatic N) is 1. The third-order valence-electron chi connectivity index (χ3n) is 5.61. The molecular weight excluding hydrogens is 521 g/mol. The summed E-state index contributed by atoms with van der Waals surface area (Å²) in [5.41, 5.74) is 2.80. The van der Waals surface area contributed by atoms with E-state index in [0.717, 1.165) is 0 Å². The lowest BCUT2D eigenvalue weighted by atomic mass is 9.95. The first-order valence-electron chi connectivity index (χ1n) is 11.6. The van der Waals surface area contributed by atoms with Gasteiger partial charge in [0.15, 0.2) is 6.10 Å². The summed E-state index contributed by atoms with van der Waals surface area (Å²) in [6.45, 7) is 10.4. The number of ether oxygens (including phenoxy) is 2. The Balaban J connectivity index is 2.74. The highest BCUT2D eigenvalue weighted by Crippen LogP contribution is 2.26. The van der Waals surface area contributed by atoms with E-state index in [9.17, 15) is 19.2 Å². The van der Waals surface area contributed by atoms with E-state index in [2.05, 4.69) is 10.7 Å². The Hall–Kier alpha value is -1.55. The lowest BCUT2D eigenvalue weighted by Crippen LogP contribution is -2.60. The minimum absolute atomic E-state index is 0.0524. The minimum Gasteiger partial charge on any atom is -0.460 e. The average molecular weight is 557 g/mol. The van der Waals surface area contributed by atoms with Gasteiger partial charge in [-0.25, -0.2) is 5.43 Å². The van der Waals surface area contributed by atoms with Crippen LogP contribution in [0.5, 0.6) is 0 Å². The maximum absolute atomic E-state index is 12.9. The molecule has 0 aliphatic carbocycles. The standard InChI is InChI=1S/C23H36Cl3N3O6/c1-7-9-14(4)15(5)21(32)35-18(13(2)3)19(30)27-16(6)20(31)29-11-8-10-17(28-29)22(33)34-12-23(24,25)26/h7,9,13-18,28H,8,10-12H2,1-6H3,(H,27,30)/t14?,15?,16-,17-,18-/m0/s1. The molecule has 2 amide bonds. The first kappa shape index (κ1) is 31.5. The Morgan fingerprint density at radius 3 is 2.31 bits per heavy atom. The number of amides is 2. The average Bonchev–Trinajstić information content (AvgIpc) is 2.79. The van der Waals surface area contributed by atoms with Crippen LogP contribution in [0.25, 0.3) is 0 Å². The Morgan fingerprint density at radius 1 is 1.14 bits per heavy atom. The van der Waals surface area contributed by atoms with Gasteiger partial charge in [-0.05, 0) is 38.5 Å². The summed E-state index contributed by atoms with van der Waals surface area (Å²) in [6, 6.07) is -1.74. The maximum Gasteiger partial charge on any atom is 0.325 e. The molecule has 2 N–H and O–H groups in total. The van der Waals surface area contributed by atoms with Crippen LogP contribution >= 0.6 is 34.8 Å². The van der Waals surface area contributed by atoms with Crippen LogP contribution in [0.2, 0.25) is 0 Å². The predicted octanol–water partition coefficient (Wildman–Crippen LogP) is 3.32. The van der Waals surface area contributed by atoms with Crippen LogP contribution in [0.1, 0.15) is 54.4 Å². The van der Waals surface area contributed by atoms with Gasteiger partial charge in [-0.2, -0.15) is 0 Å². The Kier molecular flexibility index (Phi) is 12.8. The summed E-state index contributed by atoms with van der Waals surface area (Å²) < 4.78 is 8.76. The third-order valence-corrected chi connectivity index (χ3v) is 5.93. The second kappa shape index (κ2) is 14.3. The molecule has 5 atom stereocenters. The van der Waals surface area contributed by atoms with Gasteiger partial charge >= 0.3 is 11.9 Å². The molecule has 0 spiro atoms. The number of esters is 2. The molecule has 0 aromatic rings. The van der Waals surface area contributed by atoms with Crippen molar-refractivity contribution in [1.82, 2.24) is 15.8 Å². The molecule has 0 aromatic carbocycles. The molecule has 35 heavy (non-hydrogen) atoms. The third kappa shape index (κ3) is 10.5. The molecular formula is C23H36Cl3N3O6. The van der Waals surface area contributed by atoms with Gasteiger partial charge in [0.25, 0.3) is 11.8 Å². The van der Waals surface area contributed by atoms with Crippen molar-refractivity contribution in [1.29, 1.82) is 0 Å². The summed E-state index contributed by atoms with van der Waals surface area (Å²) in [5, 5.41) is 3.87. The van der Waals surface area contributed by atoms with Gasteiger partial charge < -0.3 is 14.8 Å². The number of allylic oxidation sites excluding steroid dienone is 2. The van der Waals surface area contributed by atoms with E-state index in [-0.39, 0.29) is 11.8 Å². The van der Waals surface area contributed by atoms with Crippen LogP contribution in [0.3, 0.4) is 0 Å². The molecule has 1 rings (SSSR count). The number of nitrogens with one attached hydrogen (secondary N) is 2. The zero-order valence-corrected chi connectivity index (χ0v) is 23.2. The van der Waals surface area contributed by atoms with E-state index < -0.39 is 58.3 Å². The maximum atomic E-state index is 12.9. The Labute approximate surface area is 222 Å². The number of alkyl halides is 3.